The van der Waals surface area contributed by atoms with Gasteiger partial charge in [0, 0.05) is 19.6 Å². The SMILES string of the molecule is O=S(=O)(NCCN1CCCS1(=O)=O)c1ccc(-n2nccn2)cc1. The van der Waals surface area contributed by atoms with Gasteiger partial charge in [-0.3, -0.25) is 0 Å². The summed E-state index contributed by atoms with van der Waals surface area (Å²) in [5.41, 5.74) is 0.641. The van der Waals surface area contributed by atoms with E-state index in [-0.39, 0.29) is 23.7 Å². The van der Waals surface area contributed by atoms with Crippen molar-refractivity contribution in [2.45, 2.75) is 11.3 Å². The molecule has 1 aliphatic heterocycles. The number of rotatable bonds is 6. The van der Waals surface area contributed by atoms with Gasteiger partial charge >= 0.3 is 0 Å². The predicted molar refractivity (Wildman–Crippen MR) is 86.5 cm³/mol. The molecule has 24 heavy (non-hydrogen) atoms. The molecule has 1 aromatic heterocycles. The highest BCUT2D eigenvalue weighted by Crippen LogP contribution is 2.14. The summed E-state index contributed by atoms with van der Waals surface area (Å²) in [6.07, 6.45) is 3.63. The first kappa shape index (κ1) is 17.0. The molecule has 1 aromatic carbocycles. The van der Waals surface area contributed by atoms with Crippen LogP contribution in [0.2, 0.25) is 0 Å². The van der Waals surface area contributed by atoms with Gasteiger partial charge in [0.25, 0.3) is 0 Å². The van der Waals surface area contributed by atoms with Gasteiger partial charge in [-0.1, -0.05) is 0 Å². The van der Waals surface area contributed by atoms with Crippen LogP contribution >= 0.6 is 0 Å². The number of aromatic nitrogens is 3. The van der Waals surface area contributed by atoms with Crippen molar-refractivity contribution in [3.8, 4) is 5.69 Å². The van der Waals surface area contributed by atoms with Gasteiger partial charge in [-0.25, -0.2) is 25.9 Å². The molecule has 0 amide bonds. The molecule has 0 radical (unpaired) electrons. The lowest BCUT2D eigenvalue weighted by Gasteiger charge is -2.14. The number of nitrogens with zero attached hydrogens (tertiary/aromatic N) is 4. The minimum Gasteiger partial charge on any atom is -0.212 e. The minimum absolute atomic E-state index is 0.0318. The highest BCUT2D eigenvalue weighted by atomic mass is 32.2. The van der Waals surface area contributed by atoms with E-state index in [1.807, 2.05) is 0 Å². The molecule has 0 aliphatic carbocycles. The monoisotopic (exact) mass is 371 g/mol. The lowest BCUT2D eigenvalue weighted by molar-refractivity contribution is 0.444. The van der Waals surface area contributed by atoms with Gasteiger partial charge < -0.3 is 0 Å². The second kappa shape index (κ2) is 6.59. The Morgan fingerprint density at radius 1 is 1.12 bits per heavy atom. The Morgan fingerprint density at radius 3 is 2.38 bits per heavy atom. The van der Waals surface area contributed by atoms with Crippen molar-refractivity contribution in [1.29, 1.82) is 0 Å². The molecule has 1 N–H and O–H groups in total. The molecule has 2 heterocycles. The number of sulfonamides is 2. The third-order valence-corrected chi connectivity index (χ3v) is 7.09. The minimum atomic E-state index is -3.70. The quantitative estimate of drug-likeness (QED) is 0.738. The normalized spacial score (nSPS) is 18.0. The van der Waals surface area contributed by atoms with E-state index >= 15 is 0 Å². The molecule has 11 heteroatoms. The first-order valence-electron chi connectivity index (χ1n) is 7.33. The molecular formula is C13H17N5O4S2. The molecule has 1 saturated heterocycles. The zero-order valence-corrected chi connectivity index (χ0v) is 14.4. The molecule has 0 saturated carbocycles. The van der Waals surface area contributed by atoms with Crippen LogP contribution in [0.25, 0.3) is 5.69 Å². The van der Waals surface area contributed by atoms with Crippen LogP contribution in [-0.4, -0.2) is 61.5 Å². The van der Waals surface area contributed by atoms with E-state index in [4.69, 9.17) is 0 Å². The van der Waals surface area contributed by atoms with Crippen molar-refractivity contribution in [1.82, 2.24) is 24.0 Å². The average molecular weight is 371 g/mol. The highest BCUT2D eigenvalue weighted by Gasteiger charge is 2.28. The fourth-order valence-electron chi connectivity index (χ4n) is 2.44. The van der Waals surface area contributed by atoms with Crippen LogP contribution in [0.15, 0.2) is 41.6 Å². The molecule has 1 fully saturated rings. The summed E-state index contributed by atoms with van der Waals surface area (Å²) in [5, 5.41) is 7.93. The number of nitrogens with one attached hydrogen (secondary N) is 1. The summed E-state index contributed by atoms with van der Waals surface area (Å²) < 4.78 is 51.6. The molecule has 2 aromatic rings. The fourth-order valence-corrected chi connectivity index (χ4v) is 4.99. The maximum atomic E-state index is 12.2. The molecule has 0 unspecified atom stereocenters. The Hall–Kier alpha value is -1.82. The van der Waals surface area contributed by atoms with Gasteiger partial charge in [0.2, 0.25) is 20.0 Å². The topological polar surface area (TPSA) is 114 Å². The van der Waals surface area contributed by atoms with Crippen LogP contribution < -0.4 is 4.72 Å². The number of hydrogen-bond donors (Lipinski definition) is 1. The zero-order chi connectivity index (χ0) is 17.2. The van der Waals surface area contributed by atoms with Crippen LogP contribution in [0, 0.1) is 0 Å². The molecule has 9 nitrogen and oxygen atoms in total. The van der Waals surface area contributed by atoms with Crippen molar-refractivity contribution >= 4 is 20.0 Å². The maximum Gasteiger partial charge on any atom is 0.240 e. The Kier molecular flexibility index (Phi) is 4.67. The third-order valence-electron chi connectivity index (χ3n) is 3.65. The number of hydrogen-bond acceptors (Lipinski definition) is 6. The Labute approximate surface area is 140 Å². The Balaban J connectivity index is 1.63. The average Bonchev–Trinajstić information content (AvgIpc) is 3.18. The van der Waals surface area contributed by atoms with Crippen LogP contribution in [0.3, 0.4) is 0 Å². The van der Waals surface area contributed by atoms with Crippen LogP contribution in [0.4, 0.5) is 0 Å². The standard InChI is InChI=1S/C13H17N5O4S2/c19-23(20)11-1-9-17(23)10-8-16-24(21,22)13-4-2-12(3-5-13)18-14-6-7-15-18/h2-7,16H,1,8-11H2. The van der Waals surface area contributed by atoms with E-state index in [1.165, 1.54) is 33.6 Å². The molecule has 0 spiro atoms. The molecule has 1 aliphatic rings. The highest BCUT2D eigenvalue weighted by molar-refractivity contribution is 7.89. The van der Waals surface area contributed by atoms with E-state index in [9.17, 15) is 16.8 Å². The summed E-state index contributed by atoms with van der Waals surface area (Å²) >= 11 is 0. The van der Waals surface area contributed by atoms with E-state index < -0.39 is 20.0 Å². The Morgan fingerprint density at radius 2 is 1.79 bits per heavy atom. The van der Waals surface area contributed by atoms with E-state index in [2.05, 4.69) is 14.9 Å². The van der Waals surface area contributed by atoms with Gasteiger partial charge in [0.05, 0.1) is 28.7 Å². The molecule has 0 bridgehead atoms. The van der Waals surface area contributed by atoms with E-state index in [0.717, 1.165) is 0 Å². The number of benzene rings is 1. The summed E-state index contributed by atoms with van der Waals surface area (Å²) in [5.74, 6) is 0.128. The lowest BCUT2D eigenvalue weighted by atomic mass is 10.3. The molecule has 130 valence electrons. The summed E-state index contributed by atoms with van der Waals surface area (Å²) in [4.78, 5) is 1.48. The second-order valence-corrected chi connectivity index (χ2v) is 9.13. The van der Waals surface area contributed by atoms with Crippen molar-refractivity contribution < 1.29 is 16.8 Å². The summed E-state index contributed by atoms with van der Waals surface area (Å²) in [6, 6.07) is 6.10. The summed E-state index contributed by atoms with van der Waals surface area (Å²) in [6.45, 7) is 0.608. The van der Waals surface area contributed by atoms with Gasteiger partial charge in [-0.05, 0) is 30.7 Å². The van der Waals surface area contributed by atoms with E-state index in [0.29, 0.717) is 18.7 Å². The van der Waals surface area contributed by atoms with Crippen LogP contribution in [-0.2, 0) is 20.0 Å². The van der Waals surface area contributed by atoms with Gasteiger partial charge in [0.15, 0.2) is 0 Å². The second-order valence-electron chi connectivity index (χ2n) is 5.28. The lowest BCUT2D eigenvalue weighted by Crippen LogP contribution is -2.35. The van der Waals surface area contributed by atoms with Crippen molar-refractivity contribution in [2.75, 3.05) is 25.4 Å². The maximum absolute atomic E-state index is 12.2. The van der Waals surface area contributed by atoms with Gasteiger partial charge in [0.1, 0.15) is 0 Å². The first-order valence-corrected chi connectivity index (χ1v) is 10.4. The van der Waals surface area contributed by atoms with Crippen molar-refractivity contribution in [2.24, 2.45) is 0 Å². The fraction of sp³-hybridized carbons (Fsp3) is 0.385. The third kappa shape index (κ3) is 3.64. The molecule has 3 rings (SSSR count). The Bertz CT molecular complexity index is 892. The predicted octanol–water partition coefficient (Wildman–Crippen LogP) is -0.419. The van der Waals surface area contributed by atoms with Crippen LogP contribution in [0.1, 0.15) is 6.42 Å². The van der Waals surface area contributed by atoms with Crippen LogP contribution in [0.5, 0.6) is 0 Å². The van der Waals surface area contributed by atoms with Gasteiger partial charge in [-0.2, -0.15) is 15.0 Å². The van der Waals surface area contributed by atoms with Gasteiger partial charge in [-0.15, -0.1) is 0 Å². The first-order chi connectivity index (χ1) is 11.4. The molecule has 0 atom stereocenters. The summed E-state index contributed by atoms with van der Waals surface area (Å²) in [7, 11) is -6.91. The molecular weight excluding hydrogens is 354 g/mol. The zero-order valence-electron chi connectivity index (χ0n) is 12.7. The van der Waals surface area contributed by atoms with Crippen molar-refractivity contribution in [3.05, 3.63) is 36.7 Å². The smallest absolute Gasteiger partial charge is 0.212 e. The largest absolute Gasteiger partial charge is 0.240 e. The van der Waals surface area contributed by atoms with E-state index in [1.54, 1.807) is 12.1 Å². The van der Waals surface area contributed by atoms with Crippen molar-refractivity contribution in [3.63, 3.8) is 0 Å².